The number of nitrogens with zero attached hydrogens (tertiary/aromatic N) is 2. The van der Waals surface area contributed by atoms with E-state index in [9.17, 15) is 14.7 Å². The van der Waals surface area contributed by atoms with Crippen molar-refractivity contribution in [2.45, 2.75) is 25.4 Å². The lowest BCUT2D eigenvalue weighted by molar-refractivity contribution is -0.154. The van der Waals surface area contributed by atoms with Crippen LogP contribution in [0.15, 0.2) is 18.2 Å². The maximum Gasteiger partial charge on any atom is 0.238 e. The third kappa shape index (κ3) is 4.36. The Morgan fingerprint density at radius 1 is 1.41 bits per heavy atom. The Morgan fingerprint density at radius 2 is 2.11 bits per heavy atom. The van der Waals surface area contributed by atoms with Crippen molar-refractivity contribution in [2.75, 3.05) is 45.7 Å². The number of piperidine rings is 2. The molecule has 148 valence electrons. The van der Waals surface area contributed by atoms with Gasteiger partial charge in [-0.1, -0.05) is 11.6 Å². The van der Waals surface area contributed by atoms with Crippen molar-refractivity contribution in [3.63, 3.8) is 0 Å². The predicted molar refractivity (Wildman–Crippen MR) is 103 cm³/mol. The van der Waals surface area contributed by atoms with Crippen molar-refractivity contribution in [2.24, 2.45) is 5.41 Å². The van der Waals surface area contributed by atoms with Crippen LogP contribution in [0.2, 0.25) is 5.02 Å². The van der Waals surface area contributed by atoms with E-state index in [1.54, 1.807) is 30.1 Å². The van der Waals surface area contributed by atoms with E-state index in [0.29, 0.717) is 55.4 Å². The van der Waals surface area contributed by atoms with Crippen LogP contribution in [-0.4, -0.2) is 73.2 Å². The second-order valence-electron chi connectivity index (χ2n) is 7.50. The SMILES string of the molecule is COc1cc(NC(=O)CN2CCC3(CC2)CC(O)CN(C)C3=O)ccc1Cl. The number of hydrogen-bond acceptors (Lipinski definition) is 5. The van der Waals surface area contributed by atoms with Gasteiger partial charge < -0.3 is 20.1 Å². The number of ether oxygens (including phenoxy) is 1. The van der Waals surface area contributed by atoms with E-state index in [2.05, 4.69) is 5.32 Å². The first-order chi connectivity index (χ1) is 12.8. The summed E-state index contributed by atoms with van der Waals surface area (Å²) in [7, 11) is 3.27. The number of amides is 2. The van der Waals surface area contributed by atoms with E-state index in [1.807, 2.05) is 4.90 Å². The van der Waals surface area contributed by atoms with Gasteiger partial charge in [-0.15, -0.1) is 0 Å². The van der Waals surface area contributed by atoms with Crippen molar-refractivity contribution in [1.82, 2.24) is 9.80 Å². The average Bonchev–Trinajstić information content (AvgIpc) is 2.63. The number of methoxy groups -OCH3 is 1. The number of benzene rings is 1. The summed E-state index contributed by atoms with van der Waals surface area (Å²) in [5, 5.41) is 13.4. The summed E-state index contributed by atoms with van der Waals surface area (Å²) in [6, 6.07) is 5.09. The predicted octanol–water partition coefficient (Wildman–Crippen LogP) is 1.59. The van der Waals surface area contributed by atoms with Gasteiger partial charge in [0.15, 0.2) is 0 Å². The van der Waals surface area contributed by atoms with Crippen LogP contribution >= 0.6 is 11.6 Å². The Balaban J connectivity index is 1.54. The molecule has 1 aromatic carbocycles. The number of rotatable bonds is 4. The van der Waals surface area contributed by atoms with Gasteiger partial charge in [0.05, 0.1) is 30.2 Å². The van der Waals surface area contributed by atoms with Crippen LogP contribution in [0, 0.1) is 5.41 Å². The lowest BCUT2D eigenvalue weighted by Crippen LogP contribution is -2.56. The second-order valence-corrected chi connectivity index (χ2v) is 7.90. The molecule has 2 N–H and O–H groups in total. The molecule has 2 amide bonds. The largest absolute Gasteiger partial charge is 0.495 e. The summed E-state index contributed by atoms with van der Waals surface area (Å²) in [6.07, 6.45) is 1.37. The summed E-state index contributed by atoms with van der Waals surface area (Å²) in [6.45, 7) is 1.97. The van der Waals surface area contributed by atoms with Gasteiger partial charge in [-0.25, -0.2) is 0 Å². The summed E-state index contributed by atoms with van der Waals surface area (Å²) in [5.74, 6) is 0.500. The molecular formula is C19H26ClN3O4. The number of anilines is 1. The highest BCUT2D eigenvalue weighted by Gasteiger charge is 2.47. The number of carbonyl (C=O) groups is 2. The zero-order valence-corrected chi connectivity index (χ0v) is 16.5. The molecule has 27 heavy (non-hydrogen) atoms. The summed E-state index contributed by atoms with van der Waals surface area (Å²) < 4.78 is 5.16. The van der Waals surface area contributed by atoms with Gasteiger partial charge in [-0.3, -0.25) is 14.5 Å². The molecule has 7 nitrogen and oxygen atoms in total. The van der Waals surface area contributed by atoms with Crippen molar-refractivity contribution in [1.29, 1.82) is 0 Å². The fraction of sp³-hybridized carbons (Fsp3) is 0.579. The molecule has 0 bridgehead atoms. The molecule has 2 aliphatic rings. The Hall–Kier alpha value is -1.83. The standard InChI is InChI=1S/C19H26ClN3O4/c1-22-11-14(24)10-19(18(22)26)5-7-23(8-6-19)12-17(25)21-13-3-4-15(20)16(9-13)27-2/h3-4,9,14,24H,5-8,10-12H2,1-2H3,(H,21,25). The molecule has 1 unspecified atom stereocenters. The monoisotopic (exact) mass is 395 g/mol. The van der Waals surface area contributed by atoms with E-state index < -0.39 is 11.5 Å². The third-order valence-corrected chi connectivity index (χ3v) is 5.84. The maximum atomic E-state index is 12.6. The van der Waals surface area contributed by atoms with E-state index in [-0.39, 0.29) is 18.4 Å². The first kappa shape index (κ1) is 19.9. The number of likely N-dealkylation sites (N-methyl/N-ethyl adjacent to an activating group) is 1. The van der Waals surface area contributed by atoms with Crippen molar-refractivity contribution < 1.29 is 19.4 Å². The minimum atomic E-state index is -0.483. The highest BCUT2D eigenvalue weighted by Crippen LogP contribution is 2.40. The number of likely N-dealkylation sites (tertiary alicyclic amines) is 2. The lowest BCUT2D eigenvalue weighted by Gasteiger charge is -2.46. The molecule has 2 aliphatic heterocycles. The van der Waals surface area contributed by atoms with Crippen LogP contribution in [-0.2, 0) is 9.59 Å². The van der Waals surface area contributed by atoms with Crippen molar-refractivity contribution >= 4 is 29.1 Å². The number of aliphatic hydroxyl groups excluding tert-OH is 1. The minimum absolute atomic E-state index is 0.116. The summed E-state index contributed by atoms with van der Waals surface area (Å²) >= 11 is 6.00. The molecule has 2 heterocycles. The maximum absolute atomic E-state index is 12.6. The van der Waals surface area contributed by atoms with Crippen LogP contribution in [0.1, 0.15) is 19.3 Å². The lowest BCUT2D eigenvalue weighted by atomic mass is 9.71. The normalized spacial score (nSPS) is 22.7. The van der Waals surface area contributed by atoms with Crippen LogP contribution in [0.4, 0.5) is 5.69 Å². The quantitative estimate of drug-likeness (QED) is 0.809. The zero-order valence-electron chi connectivity index (χ0n) is 15.7. The van der Waals surface area contributed by atoms with E-state index in [1.165, 1.54) is 7.11 Å². The van der Waals surface area contributed by atoms with Gasteiger partial charge in [-0.05, 0) is 44.5 Å². The number of hydrogen-bond donors (Lipinski definition) is 2. The van der Waals surface area contributed by atoms with Crippen LogP contribution in [0.5, 0.6) is 5.75 Å². The molecule has 1 atom stereocenters. The van der Waals surface area contributed by atoms with Gasteiger partial charge >= 0.3 is 0 Å². The highest BCUT2D eigenvalue weighted by atomic mass is 35.5. The number of nitrogens with one attached hydrogen (secondary N) is 1. The van der Waals surface area contributed by atoms with Crippen LogP contribution in [0.3, 0.4) is 0 Å². The highest BCUT2D eigenvalue weighted by molar-refractivity contribution is 6.32. The van der Waals surface area contributed by atoms with E-state index in [0.717, 1.165) is 0 Å². The molecule has 2 saturated heterocycles. The fourth-order valence-corrected chi connectivity index (χ4v) is 4.30. The Bertz CT molecular complexity index is 719. The summed E-state index contributed by atoms with van der Waals surface area (Å²) in [5.41, 5.74) is 0.144. The molecule has 0 saturated carbocycles. The molecule has 1 spiro atoms. The van der Waals surface area contributed by atoms with Gasteiger partial charge in [0.1, 0.15) is 5.75 Å². The first-order valence-corrected chi connectivity index (χ1v) is 9.50. The minimum Gasteiger partial charge on any atom is -0.495 e. The van der Waals surface area contributed by atoms with Gasteiger partial charge in [0.25, 0.3) is 0 Å². The zero-order chi connectivity index (χ0) is 19.6. The Morgan fingerprint density at radius 3 is 2.78 bits per heavy atom. The molecular weight excluding hydrogens is 370 g/mol. The molecule has 8 heteroatoms. The average molecular weight is 396 g/mol. The second kappa shape index (κ2) is 8.04. The molecule has 3 rings (SSSR count). The molecule has 0 aromatic heterocycles. The molecule has 1 aromatic rings. The first-order valence-electron chi connectivity index (χ1n) is 9.12. The third-order valence-electron chi connectivity index (χ3n) is 5.53. The van der Waals surface area contributed by atoms with E-state index in [4.69, 9.17) is 16.3 Å². The number of carbonyl (C=O) groups excluding carboxylic acids is 2. The fourth-order valence-electron chi connectivity index (χ4n) is 4.11. The summed E-state index contributed by atoms with van der Waals surface area (Å²) in [4.78, 5) is 28.6. The van der Waals surface area contributed by atoms with Gasteiger partial charge in [-0.2, -0.15) is 0 Å². The van der Waals surface area contributed by atoms with Crippen LogP contribution in [0.25, 0.3) is 0 Å². The number of aliphatic hydroxyl groups is 1. The Kier molecular flexibility index (Phi) is 5.93. The molecule has 0 radical (unpaired) electrons. The van der Waals surface area contributed by atoms with Crippen molar-refractivity contribution in [3.05, 3.63) is 23.2 Å². The van der Waals surface area contributed by atoms with Gasteiger partial charge in [0.2, 0.25) is 11.8 Å². The van der Waals surface area contributed by atoms with Gasteiger partial charge in [0, 0.05) is 25.3 Å². The number of halogens is 1. The smallest absolute Gasteiger partial charge is 0.238 e. The molecule has 0 aliphatic carbocycles. The van der Waals surface area contributed by atoms with Crippen molar-refractivity contribution in [3.8, 4) is 5.75 Å². The van der Waals surface area contributed by atoms with E-state index >= 15 is 0 Å². The number of β-amino-alcohol motifs (C(OH)–C–C–N with tert-alkyl or cyclic N) is 1. The molecule has 2 fully saturated rings. The Labute approximate surface area is 164 Å². The van der Waals surface area contributed by atoms with Crippen LogP contribution < -0.4 is 10.1 Å². The topological polar surface area (TPSA) is 82.1 Å².